The highest BCUT2D eigenvalue weighted by atomic mass is 32.2. The van der Waals surface area contributed by atoms with Crippen molar-refractivity contribution in [2.75, 3.05) is 5.75 Å². The molecule has 2 fully saturated rings. The molecule has 2 unspecified atom stereocenters. The van der Waals surface area contributed by atoms with Gasteiger partial charge in [-0.2, -0.15) is 11.3 Å². The van der Waals surface area contributed by atoms with Gasteiger partial charge in [-0.25, -0.2) is 0 Å². The third kappa shape index (κ3) is 2.52. The van der Waals surface area contributed by atoms with E-state index in [-0.39, 0.29) is 0 Å². The Balaban J connectivity index is 1.63. The summed E-state index contributed by atoms with van der Waals surface area (Å²) in [4.78, 5) is 4.72. The van der Waals surface area contributed by atoms with Crippen LogP contribution in [0.15, 0.2) is 15.8 Å². The molecular formula is C13H18N2S2. The van der Waals surface area contributed by atoms with Crippen LogP contribution in [-0.4, -0.2) is 17.0 Å². The highest BCUT2D eigenvalue weighted by Gasteiger charge is 2.31. The van der Waals surface area contributed by atoms with Crippen molar-refractivity contribution in [3.8, 4) is 0 Å². The highest BCUT2D eigenvalue weighted by Crippen LogP contribution is 2.32. The van der Waals surface area contributed by atoms with E-state index < -0.39 is 0 Å². The van der Waals surface area contributed by atoms with Crippen LogP contribution in [0, 0.1) is 12.8 Å². The number of hydrogen-bond donors (Lipinski definition) is 1. The van der Waals surface area contributed by atoms with Gasteiger partial charge in [0.2, 0.25) is 0 Å². The van der Waals surface area contributed by atoms with Gasteiger partial charge in [-0.15, -0.1) is 0 Å². The third-order valence-electron chi connectivity index (χ3n) is 3.76. The molecule has 2 nitrogen and oxygen atoms in total. The largest absolute Gasteiger partial charge is 0.362 e. The van der Waals surface area contributed by atoms with Crippen LogP contribution < -0.4 is 5.32 Å². The Morgan fingerprint density at radius 1 is 1.41 bits per heavy atom. The Kier molecular flexibility index (Phi) is 3.43. The molecule has 1 aliphatic heterocycles. The fourth-order valence-electron chi connectivity index (χ4n) is 2.61. The molecule has 3 rings (SSSR count). The van der Waals surface area contributed by atoms with Crippen LogP contribution in [0.1, 0.15) is 30.4 Å². The summed E-state index contributed by atoms with van der Waals surface area (Å²) in [7, 11) is 0. The van der Waals surface area contributed by atoms with Gasteiger partial charge in [0, 0.05) is 11.8 Å². The Bertz CT molecular complexity index is 425. The second-order valence-electron chi connectivity index (χ2n) is 4.95. The molecule has 1 N–H and O–H groups in total. The van der Waals surface area contributed by atoms with Gasteiger partial charge in [0.15, 0.2) is 5.17 Å². The lowest BCUT2D eigenvalue weighted by Gasteiger charge is -2.28. The van der Waals surface area contributed by atoms with E-state index in [0.717, 1.165) is 12.5 Å². The van der Waals surface area contributed by atoms with Crippen molar-refractivity contribution in [1.82, 2.24) is 5.32 Å². The second kappa shape index (κ2) is 5.02. The van der Waals surface area contributed by atoms with E-state index in [2.05, 4.69) is 23.0 Å². The summed E-state index contributed by atoms with van der Waals surface area (Å²) in [6.07, 6.45) is 4.13. The predicted octanol–water partition coefficient (Wildman–Crippen LogP) is 3.42. The number of fused-ring (bicyclic) bond motifs is 1. The first-order chi connectivity index (χ1) is 8.33. The second-order valence-corrected chi connectivity index (χ2v) is 6.71. The topological polar surface area (TPSA) is 24.4 Å². The van der Waals surface area contributed by atoms with Gasteiger partial charge >= 0.3 is 0 Å². The highest BCUT2D eigenvalue weighted by molar-refractivity contribution is 8.13. The Hall–Kier alpha value is -0.480. The van der Waals surface area contributed by atoms with Gasteiger partial charge in [0.1, 0.15) is 0 Å². The predicted molar refractivity (Wildman–Crippen MR) is 76.9 cm³/mol. The van der Waals surface area contributed by atoms with Crippen molar-refractivity contribution in [2.24, 2.45) is 10.9 Å². The number of nitrogens with zero attached hydrogens (tertiary/aromatic N) is 1. The summed E-state index contributed by atoms with van der Waals surface area (Å²) >= 11 is 3.68. The molecule has 1 saturated carbocycles. The van der Waals surface area contributed by atoms with Crippen LogP contribution in [0.25, 0.3) is 0 Å². The van der Waals surface area contributed by atoms with Crippen molar-refractivity contribution in [3.63, 3.8) is 0 Å². The average molecular weight is 266 g/mol. The molecule has 0 amide bonds. The van der Waals surface area contributed by atoms with Crippen LogP contribution in [-0.2, 0) is 6.54 Å². The maximum absolute atomic E-state index is 4.72. The molecule has 0 spiro atoms. The normalized spacial score (nSPS) is 30.3. The van der Waals surface area contributed by atoms with E-state index in [9.17, 15) is 0 Å². The van der Waals surface area contributed by atoms with Gasteiger partial charge in [-0.1, -0.05) is 18.2 Å². The molecule has 2 atom stereocenters. The van der Waals surface area contributed by atoms with Gasteiger partial charge in [0.25, 0.3) is 0 Å². The first-order valence-electron chi connectivity index (χ1n) is 6.28. The number of rotatable bonds is 2. The lowest BCUT2D eigenvalue weighted by molar-refractivity contribution is 0.489. The summed E-state index contributed by atoms with van der Waals surface area (Å²) in [6, 6.07) is 0.707. The smallest absolute Gasteiger partial charge is 0.157 e. The van der Waals surface area contributed by atoms with Crippen LogP contribution in [0.2, 0.25) is 0 Å². The number of hydrogen-bond acceptors (Lipinski definition) is 3. The zero-order chi connectivity index (χ0) is 11.7. The molecule has 1 saturated heterocycles. The minimum Gasteiger partial charge on any atom is -0.362 e. The monoisotopic (exact) mass is 266 g/mol. The maximum Gasteiger partial charge on any atom is 0.157 e. The van der Waals surface area contributed by atoms with E-state index in [1.807, 2.05) is 11.8 Å². The molecule has 92 valence electrons. The molecule has 0 aromatic carbocycles. The summed E-state index contributed by atoms with van der Waals surface area (Å²) in [5.41, 5.74) is 2.75. The molecule has 4 heteroatoms. The Morgan fingerprint density at radius 3 is 3.18 bits per heavy atom. The zero-order valence-electron chi connectivity index (χ0n) is 10.1. The number of nitrogens with one attached hydrogen (secondary N) is 1. The standard InChI is InChI=1S/C13H18N2S2/c1-9-6-16-7-11(9)5-14-13-15-12-4-2-3-10(12)8-17-13/h6-7,10,12H,2-5,8H2,1H3,(H,14,15). The number of amidine groups is 1. The van der Waals surface area contributed by atoms with E-state index >= 15 is 0 Å². The average Bonchev–Trinajstić information content (AvgIpc) is 2.94. The van der Waals surface area contributed by atoms with Gasteiger partial charge in [-0.05, 0) is 47.6 Å². The van der Waals surface area contributed by atoms with Gasteiger partial charge in [-0.3, -0.25) is 4.99 Å². The maximum atomic E-state index is 4.72. The van der Waals surface area contributed by atoms with Crippen molar-refractivity contribution in [3.05, 3.63) is 21.9 Å². The van der Waals surface area contributed by atoms with Gasteiger partial charge < -0.3 is 5.32 Å². The minimum absolute atomic E-state index is 0.707. The van der Waals surface area contributed by atoms with Crippen molar-refractivity contribution in [2.45, 2.75) is 38.8 Å². The fraction of sp³-hybridized carbons (Fsp3) is 0.615. The molecule has 2 aliphatic rings. The zero-order valence-corrected chi connectivity index (χ0v) is 11.7. The SMILES string of the molecule is Cc1cscc1CN=C1NC2CCCC2CS1. The number of aliphatic imine (C=N–C) groups is 1. The lowest BCUT2D eigenvalue weighted by Crippen LogP contribution is -2.41. The summed E-state index contributed by atoms with van der Waals surface area (Å²) < 4.78 is 0. The fourth-order valence-corrected chi connectivity index (χ4v) is 4.62. The first kappa shape index (κ1) is 11.6. The molecule has 1 aromatic heterocycles. The lowest BCUT2D eigenvalue weighted by atomic mass is 10.1. The third-order valence-corrected chi connectivity index (χ3v) is 5.78. The summed E-state index contributed by atoms with van der Waals surface area (Å²) in [5, 5.41) is 9.19. The van der Waals surface area contributed by atoms with Crippen LogP contribution in [0.5, 0.6) is 0 Å². The Labute approximate surface area is 111 Å². The molecule has 0 radical (unpaired) electrons. The summed E-state index contributed by atoms with van der Waals surface area (Å²) in [6.45, 7) is 3.00. The first-order valence-corrected chi connectivity index (χ1v) is 8.21. The summed E-state index contributed by atoms with van der Waals surface area (Å²) in [5.74, 6) is 2.15. The molecule has 2 heterocycles. The van der Waals surface area contributed by atoms with Crippen LogP contribution in [0.4, 0.5) is 0 Å². The van der Waals surface area contributed by atoms with E-state index in [1.165, 1.54) is 41.3 Å². The van der Waals surface area contributed by atoms with E-state index in [0.29, 0.717) is 6.04 Å². The van der Waals surface area contributed by atoms with Crippen molar-refractivity contribution >= 4 is 28.3 Å². The molecule has 17 heavy (non-hydrogen) atoms. The molecule has 1 aliphatic carbocycles. The van der Waals surface area contributed by atoms with E-state index in [4.69, 9.17) is 4.99 Å². The molecular weight excluding hydrogens is 248 g/mol. The minimum atomic E-state index is 0.707. The van der Waals surface area contributed by atoms with E-state index in [1.54, 1.807) is 11.3 Å². The van der Waals surface area contributed by atoms with Crippen LogP contribution in [0.3, 0.4) is 0 Å². The number of aryl methyl sites for hydroxylation is 1. The van der Waals surface area contributed by atoms with Crippen LogP contribution >= 0.6 is 23.1 Å². The van der Waals surface area contributed by atoms with Crippen molar-refractivity contribution < 1.29 is 0 Å². The number of thiophene rings is 1. The quantitative estimate of drug-likeness (QED) is 0.887. The molecule has 1 aromatic rings. The number of thioether (sulfide) groups is 1. The van der Waals surface area contributed by atoms with Gasteiger partial charge in [0.05, 0.1) is 6.54 Å². The van der Waals surface area contributed by atoms with Crippen molar-refractivity contribution in [1.29, 1.82) is 0 Å². The Morgan fingerprint density at radius 2 is 2.35 bits per heavy atom. The molecule has 0 bridgehead atoms.